The highest BCUT2D eigenvalue weighted by atomic mass is 35.5. The van der Waals surface area contributed by atoms with Gasteiger partial charge < -0.3 is 10.1 Å². The standard InChI is InChI=1S/C13H14ClNO2/c1-3-7-12(17-4-2)13(16)15-11-9-6-5-8-10(11)14/h3,5-9H,1,4H2,2H3,(H,15,16)/b12-7+. The molecule has 1 aromatic carbocycles. The Balaban J connectivity index is 2.81. The highest BCUT2D eigenvalue weighted by Gasteiger charge is 2.11. The van der Waals surface area contributed by atoms with Gasteiger partial charge in [0.15, 0.2) is 5.76 Å². The highest BCUT2D eigenvalue weighted by Crippen LogP contribution is 2.21. The lowest BCUT2D eigenvalue weighted by molar-refractivity contribution is -0.116. The molecule has 4 heteroatoms. The van der Waals surface area contributed by atoms with Crippen LogP contribution in [0.4, 0.5) is 5.69 Å². The van der Waals surface area contributed by atoms with Gasteiger partial charge >= 0.3 is 0 Å². The second-order valence-corrected chi connectivity index (χ2v) is 3.54. The summed E-state index contributed by atoms with van der Waals surface area (Å²) in [5.41, 5.74) is 0.550. The fourth-order valence-electron chi connectivity index (χ4n) is 1.20. The molecular formula is C13H14ClNO2. The lowest BCUT2D eigenvalue weighted by Crippen LogP contribution is -2.16. The summed E-state index contributed by atoms with van der Waals surface area (Å²) >= 11 is 5.93. The highest BCUT2D eigenvalue weighted by molar-refractivity contribution is 6.33. The second kappa shape index (κ2) is 6.76. The van der Waals surface area contributed by atoms with Crippen LogP contribution in [-0.4, -0.2) is 12.5 Å². The number of benzene rings is 1. The van der Waals surface area contributed by atoms with E-state index >= 15 is 0 Å². The van der Waals surface area contributed by atoms with Crippen LogP contribution in [-0.2, 0) is 9.53 Å². The fraction of sp³-hybridized carbons (Fsp3) is 0.154. The number of carbonyl (C=O) groups is 1. The van der Waals surface area contributed by atoms with Crippen LogP contribution in [0.15, 0.2) is 48.8 Å². The minimum atomic E-state index is -0.347. The molecule has 0 fully saturated rings. The molecule has 1 N–H and O–H groups in total. The Morgan fingerprint density at radius 2 is 2.24 bits per heavy atom. The minimum absolute atomic E-state index is 0.211. The molecule has 0 spiro atoms. The molecule has 1 rings (SSSR count). The molecule has 0 aliphatic heterocycles. The average Bonchev–Trinajstić information content (AvgIpc) is 2.32. The molecule has 90 valence electrons. The molecule has 0 heterocycles. The molecule has 0 saturated heterocycles. The Kier molecular flexibility index (Phi) is 5.30. The first kappa shape index (κ1) is 13.3. The molecular weight excluding hydrogens is 238 g/mol. The zero-order valence-corrected chi connectivity index (χ0v) is 10.3. The molecule has 0 bridgehead atoms. The van der Waals surface area contributed by atoms with Crippen LogP contribution < -0.4 is 5.32 Å². The Hall–Kier alpha value is -1.74. The molecule has 0 aromatic heterocycles. The van der Waals surface area contributed by atoms with Crippen molar-refractivity contribution in [3.63, 3.8) is 0 Å². The average molecular weight is 252 g/mol. The molecule has 17 heavy (non-hydrogen) atoms. The van der Waals surface area contributed by atoms with E-state index in [0.29, 0.717) is 17.3 Å². The van der Waals surface area contributed by atoms with Crippen molar-refractivity contribution in [1.82, 2.24) is 0 Å². The summed E-state index contributed by atoms with van der Waals surface area (Å²) < 4.78 is 5.19. The molecule has 0 saturated carbocycles. The van der Waals surface area contributed by atoms with E-state index in [2.05, 4.69) is 11.9 Å². The number of hydrogen-bond acceptors (Lipinski definition) is 2. The van der Waals surface area contributed by atoms with Gasteiger partial charge in [-0.15, -0.1) is 0 Å². The van der Waals surface area contributed by atoms with Crippen molar-refractivity contribution in [3.05, 3.63) is 53.8 Å². The van der Waals surface area contributed by atoms with Crippen molar-refractivity contribution < 1.29 is 9.53 Å². The summed E-state index contributed by atoms with van der Waals surface area (Å²) in [4.78, 5) is 11.8. The van der Waals surface area contributed by atoms with Crippen molar-refractivity contribution in [2.24, 2.45) is 0 Å². The van der Waals surface area contributed by atoms with Gasteiger partial charge in [-0.3, -0.25) is 4.79 Å². The summed E-state index contributed by atoms with van der Waals surface area (Å²) in [7, 11) is 0. The first-order chi connectivity index (χ1) is 8.19. The third-order valence-corrected chi connectivity index (χ3v) is 2.24. The van der Waals surface area contributed by atoms with Crippen molar-refractivity contribution in [3.8, 4) is 0 Å². The SMILES string of the molecule is C=C/C=C(/OCC)C(=O)Nc1ccccc1Cl. The number of allylic oxidation sites excluding steroid dienone is 2. The van der Waals surface area contributed by atoms with Gasteiger partial charge in [0.25, 0.3) is 5.91 Å². The second-order valence-electron chi connectivity index (χ2n) is 3.13. The first-order valence-corrected chi connectivity index (χ1v) is 5.58. The number of nitrogens with one attached hydrogen (secondary N) is 1. The first-order valence-electron chi connectivity index (χ1n) is 5.20. The van der Waals surface area contributed by atoms with E-state index in [-0.39, 0.29) is 11.7 Å². The van der Waals surface area contributed by atoms with E-state index in [4.69, 9.17) is 16.3 Å². The van der Waals surface area contributed by atoms with Crippen molar-refractivity contribution in [2.75, 3.05) is 11.9 Å². The third kappa shape index (κ3) is 3.96. The molecule has 0 radical (unpaired) electrons. The van der Waals surface area contributed by atoms with E-state index in [1.807, 2.05) is 0 Å². The van der Waals surface area contributed by atoms with Gasteiger partial charge in [-0.1, -0.05) is 36.4 Å². The van der Waals surface area contributed by atoms with E-state index in [9.17, 15) is 4.79 Å². The molecule has 1 amide bonds. The van der Waals surface area contributed by atoms with Gasteiger partial charge in [0.2, 0.25) is 0 Å². The molecule has 0 atom stereocenters. The van der Waals surface area contributed by atoms with Gasteiger partial charge in [-0.05, 0) is 25.1 Å². The van der Waals surface area contributed by atoms with E-state index in [1.165, 1.54) is 12.2 Å². The number of ether oxygens (including phenoxy) is 1. The molecule has 0 aliphatic rings. The summed E-state index contributed by atoms with van der Waals surface area (Å²) in [5, 5.41) is 3.15. The topological polar surface area (TPSA) is 38.3 Å². The number of halogens is 1. The van der Waals surface area contributed by atoms with Crippen molar-refractivity contribution in [2.45, 2.75) is 6.92 Å². The normalized spacial score (nSPS) is 10.8. The van der Waals surface area contributed by atoms with Crippen LogP contribution in [0.25, 0.3) is 0 Å². The summed E-state index contributed by atoms with van der Waals surface area (Å²) in [6, 6.07) is 7.01. The van der Waals surface area contributed by atoms with E-state index in [0.717, 1.165) is 0 Å². The number of anilines is 1. The maximum absolute atomic E-state index is 11.8. The van der Waals surface area contributed by atoms with Gasteiger partial charge in [0, 0.05) is 0 Å². The van der Waals surface area contributed by atoms with Gasteiger partial charge in [0.05, 0.1) is 17.3 Å². The summed E-state index contributed by atoms with van der Waals surface area (Å²) in [6.07, 6.45) is 3.01. The zero-order chi connectivity index (χ0) is 12.7. The Morgan fingerprint density at radius 1 is 1.53 bits per heavy atom. The van der Waals surface area contributed by atoms with Crippen LogP contribution in [0.5, 0.6) is 0 Å². The van der Waals surface area contributed by atoms with Crippen LogP contribution in [0.3, 0.4) is 0 Å². The van der Waals surface area contributed by atoms with Crippen LogP contribution in [0, 0.1) is 0 Å². The Morgan fingerprint density at radius 3 is 2.82 bits per heavy atom. The van der Waals surface area contributed by atoms with Crippen molar-refractivity contribution >= 4 is 23.2 Å². The summed E-state index contributed by atoms with van der Waals surface area (Å²) in [5.74, 6) is -0.137. The van der Waals surface area contributed by atoms with Gasteiger partial charge in [-0.25, -0.2) is 0 Å². The third-order valence-electron chi connectivity index (χ3n) is 1.91. The number of rotatable bonds is 5. The molecule has 3 nitrogen and oxygen atoms in total. The van der Waals surface area contributed by atoms with E-state index in [1.54, 1.807) is 31.2 Å². The predicted molar refractivity (Wildman–Crippen MR) is 70.0 cm³/mol. The molecule has 1 aromatic rings. The minimum Gasteiger partial charge on any atom is -0.488 e. The van der Waals surface area contributed by atoms with Crippen LogP contribution >= 0.6 is 11.6 Å². The van der Waals surface area contributed by atoms with Crippen LogP contribution in [0.2, 0.25) is 5.02 Å². The maximum atomic E-state index is 11.8. The number of para-hydroxylation sites is 1. The van der Waals surface area contributed by atoms with E-state index < -0.39 is 0 Å². The maximum Gasteiger partial charge on any atom is 0.290 e. The molecule has 0 unspecified atom stereocenters. The lowest BCUT2D eigenvalue weighted by atomic mass is 10.3. The largest absolute Gasteiger partial charge is 0.488 e. The number of hydrogen-bond donors (Lipinski definition) is 1. The molecule has 0 aliphatic carbocycles. The summed E-state index contributed by atoms with van der Waals surface area (Å²) in [6.45, 7) is 5.74. The lowest BCUT2D eigenvalue weighted by Gasteiger charge is -2.09. The van der Waals surface area contributed by atoms with Gasteiger partial charge in [0.1, 0.15) is 0 Å². The predicted octanol–water partition coefficient (Wildman–Crippen LogP) is 3.38. The fourth-order valence-corrected chi connectivity index (χ4v) is 1.38. The Bertz CT molecular complexity index is 441. The van der Waals surface area contributed by atoms with Crippen molar-refractivity contribution in [1.29, 1.82) is 0 Å². The quantitative estimate of drug-likeness (QED) is 0.495. The Labute approximate surface area is 106 Å². The monoisotopic (exact) mass is 251 g/mol. The number of carbonyl (C=O) groups excluding carboxylic acids is 1. The smallest absolute Gasteiger partial charge is 0.290 e. The zero-order valence-electron chi connectivity index (χ0n) is 9.57. The van der Waals surface area contributed by atoms with Gasteiger partial charge in [-0.2, -0.15) is 0 Å². The van der Waals surface area contributed by atoms with Crippen LogP contribution in [0.1, 0.15) is 6.92 Å². The number of amides is 1.